The summed E-state index contributed by atoms with van der Waals surface area (Å²) in [6.45, 7) is 1.48. The normalized spacial score (nSPS) is 13.5. The average molecular weight is 380 g/mol. The number of pyridine rings is 1. The molecule has 0 saturated heterocycles. The van der Waals surface area contributed by atoms with Gasteiger partial charge in [0.1, 0.15) is 11.4 Å². The highest BCUT2D eigenvalue weighted by molar-refractivity contribution is 5.92. The first-order valence-corrected chi connectivity index (χ1v) is 10.0. The molecule has 0 bridgehead atoms. The van der Waals surface area contributed by atoms with Crippen molar-refractivity contribution in [3.8, 4) is 5.75 Å². The van der Waals surface area contributed by atoms with Gasteiger partial charge in [0.15, 0.2) is 0 Å². The number of rotatable bonds is 9. The fraction of sp³-hybridized carbons (Fsp3) is 0.391. The molecule has 0 unspecified atom stereocenters. The van der Waals surface area contributed by atoms with E-state index in [1.54, 1.807) is 24.9 Å². The lowest BCUT2D eigenvalue weighted by Gasteiger charge is -2.13. The number of aromatic nitrogens is 1. The Balaban J connectivity index is 1.39. The van der Waals surface area contributed by atoms with E-state index in [1.807, 2.05) is 30.3 Å². The van der Waals surface area contributed by atoms with Crippen molar-refractivity contribution in [2.45, 2.75) is 38.5 Å². The van der Waals surface area contributed by atoms with E-state index in [1.165, 1.54) is 25.7 Å². The summed E-state index contributed by atoms with van der Waals surface area (Å²) in [5, 5.41) is 6.31. The lowest BCUT2D eigenvalue weighted by atomic mass is 9.97. The molecule has 3 rings (SSSR count). The van der Waals surface area contributed by atoms with Gasteiger partial charge < -0.3 is 15.4 Å². The van der Waals surface area contributed by atoms with E-state index >= 15 is 0 Å². The number of ether oxygens (including phenoxy) is 1. The summed E-state index contributed by atoms with van der Waals surface area (Å²) in [4.78, 5) is 16.5. The number of anilines is 1. The summed E-state index contributed by atoms with van der Waals surface area (Å²) in [6, 6.07) is 11.6. The van der Waals surface area contributed by atoms with Crippen LogP contribution in [0.2, 0.25) is 0 Å². The van der Waals surface area contributed by atoms with Crippen molar-refractivity contribution >= 4 is 11.6 Å². The Kier molecular flexibility index (Phi) is 7.47. The van der Waals surface area contributed by atoms with Crippen LogP contribution in [0.15, 0.2) is 54.2 Å². The van der Waals surface area contributed by atoms with Crippen molar-refractivity contribution in [1.82, 2.24) is 10.3 Å². The Hall–Kier alpha value is -2.82. The minimum Gasteiger partial charge on any atom is -0.497 e. The zero-order chi connectivity index (χ0) is 19.6. The number of nitrogens with one attached hydrogen (secondary N) is 2. The predicted octanol–water partition coefficient (Wildman–Crippen LogP) is 4.37. The van der Waals surface area contributed by atoms with E-state index in [-0.39, 0.29) is 5.91 Å². The van der Waals surface area contributed by atoms with Crippen molar-refractivity contribution in [2.24, 2.45) is 0 Å². The highest BCUT2D eigenvalue weighted by atomic mass is 16.5. The molecule has 5 heteroatoms. The minimum atomic E-state index is -0.146. The van der Waals surface area contributed by atoms with Gasteiger partial charge in [-0.3, -0.25) is 4.79 Å². The van der Waals surface area contributed by atoms with Crippen molar-refractivity contribution in [1.29, 1.82) is 0 Å². The molecule has 5 nitrogen and oxygen atoms in total. The number of allylic oxidation sites excluding steroid dienone is 1. The van der Waals surface area contributed by atoms with Crippen molar-refractivity contribution < 1.29 is 9.53 Å². The first-order chi connectivity index (χ1) is 13.7. The molecule has 0 aliphatic heterocycles. The Morgan fingerprint density at radius 3 is 2.61 bits per heavy atom. The SMILES string of the molecule is COc1ccc(CCNC(=O)c2ccc(NCCC3=CCCCC3)cn2)cc1. The van der Waals surface area contributed by atoms with E-state index < -0.39 is 0 Å². The second-order valence-corrected chi connectivity index (χ2v) is 7.07. The summed E-state index contributed by atoms with van der Waals surface area (Å²) >= 11 is 0. The fourth-order valence-electron chi connectivity index (χ4n) is 3.33. The van der Waals surface area contributed by atoms with Gasteiger partial charge in [0, 0.05) is 13.1 Å². The van der Waals surface area contributed by atoms with Crippen LogP contribution in [-0.4, -0.2) is 31.1 Å². The van der Waals surface area contributed by atoms with Gasteiger partial charge in [-0.05, 0) is 68.4 Å². The van der Waals surface area contributed by atoms with Gasteiger partial charge in [-0.15, -0.1) is 0 Å². The fourth-order valence-corrected chi connectivity index (χ4v) is 3.33. The Morgan fingerprint density at radius 1 is 1.07 bits per heavy atom. The summed E-state index contributed by atoms with van der Waals surface area (Å²) in [5.41, 5.74) is 4.10. The molecule has 28 heavy (non-hydrogen) atoms. The van der Waals surface area contributed by atoms with Crippen molar-refractivity contribution in [3.63, 3.8) is 0 Å². The number of carbonyl (C=O) groups excluding carboxylic acids is 1. The largest absolute Gasteiger partial charge is 0.497 e. The van der Waals surface area contributed by atoms with Gasteiger partial charge >= 0.3 is 0 Å². The third kappa shape index (κ3) is 6.12. The number of methoxy groups -OCH3 is 1. The molecule has 1 heterocycles. The highest BCUT2D eigenvalue weighted by Crippen LogP contribution is 2.20. The minimum absolute atomic E-state index is 0.146. The molecule has 1 aromatic carbocycles. The van der Waals surface area contributed by atoms with Gasteiger partial charge in [0.25, 0.3) is 5.91 Å². The molecule has 1 aliphatic rings. The van der Waals surface area contributed by atoms with Gasteiger partial charge in [0.05, 0.1) is 19.0 Å². The molecular formula is C23H29N3O2. The van der Waals surface area contributed by atoms with Gasteiger partial charge in [-0.25, -0.2) is 4.98 Å². The molecule has 1 aromatic heterocycles. The number of benzene rings is 1. The third-order valence-corrected chi connectivity index (χ3v) is 5.01. The second kappa shape index (κ2) is 10.5. The molecule has 148 valence electrons. The number of amides is 1. The average Bonchev–Trinajstić information content (AvgIpc) is 2.75. The first kappa shape index (κ1) is 19.9. The maximum Gasteiger partial charge on any atom is 0.269 e. The highest BCUT2D eigenvalue weighted by Gasteiger charge is 2.07. The van der Waals surface area contributed by atoms with Gasteiger partial charge in [-0.1, -0.05) is 23.8 Å². The maximum atomic E-state index is 12.2. The molecule has 0 spiro atoms. The van der Waals surface area contributed by atoms with Crippen LogP contribution in [-0.2, 0) is 6.42 Å². The first-order valence-electron chi connectivity index (χ1n) is 10.0. The quantitative estimate of drug-likeness (QED) is 0.635. The van der Waals surface area contributed by atoms with Crippen LogP contribution >= 0.6 is 0 Å². The van der Waals surface area contributed by atoms with E-state index in [9.17, 15) is 4.79 Å². The molecule has 2 N–H and O–H groups in total. The van der Waals surface area contributed by atoms with Crippen LogP contribution in [0.1, 0.15) is 48.2 Å². The number of carbonyl (C=O) groups is 1. The van der Waals surface area contributed by atoms with Gasteiger partial charge in [-0.2, -0.15) is 0 Å². The Bertz CT molecular complexity index is 782. The van der Waals surface area contributed by atoms with Gasteiger partial charge in [0.2, 0.25) is 0 Å². The molecule has 1 aliphatic carbocycles. The molecule has 0 fully saturated rings. The van der Waals surface area contributed by atoms with Crippen molar-refractivity contribution in [3.05, 3.63) is 65.5 Å². The van der Waals surface area contributed by atoms with E-state index in [2.05, 4.69) is 21.7 Å². The number of nitrogens with zero attached hydrogens (tertiary/aromatic N) is 1. The van der Waals surface area contributed by atoms with E-state index in [4.69, 9.17) is 4.74 Å². The Labute approximate surface area is 167 Å². The second-order valence-electron chi connectivity index (χ2n) is 7.07. The number of hydrogen-bond acceptors (Lipinski definition) is 4. The van der Waals surface area contributed by atoms with Crippen LogP contribution in [0.25, 0.3) is 0 Å². The monoisotopic (exact) mass is 379 g/mol. The molecule has 2 aromatic rings. The number of hydrogen-bond donors (Lipinski definition) is 2. The van der Waals surface area contributed by atoms with Crippen LogP contribution in [0.4, 0.5) is 5.69 Å². The topological polar surface area (TPSA) is 63.2 Å². The van der Waals surface area contributed by atoms with E-state index in [0.29, 0.717) is 12.2 Å². The molecular weight excluding hydrogens is 350 g/mol. The summed E-state index contributed by atoms with van der Waals surface area (Å²) in [5.74, 6) is 0.688. The van der Waals surface area contributed by atoms with Crippen LogP contribution in [0.3, 0.4) is 0 Å². The Morgan fingerprint density at radius 2 is 1.93 bits per heavy atom. The summed E-state index contributed by atoms with van der Waals surface area (Å²) in [6.07, 6.45) is 11.0. The maximum absolute atomic E-state index is 12.2. The smallest absolute Gasteiger partial charge is 0.269 e. The molecule has 1 amide bonds. The molecule has 0 saturated carbocycles. The summed E-state index contributed by atoms with van der Waals surface area (Å²) in [7, 11) is 1.65. The summed E-state index contributed by atoms with van der Waals surface area (Å²) < 4.78 is 5.15. The molecule has 0 atom stereocenters. The third-order valence-electron chi connectivity index (χ3n) is 5.01. The lowest BCUT2D eigenvalue weighted by molar-refractivity contribution is 0.0949. The van der Waals surface area contributed by atoms with Crippen molar-refractivity contribution in [2.75, 3.05) is 25.5 Å². The zero-order valence-corrected chi connectivity index (χ0v) is 16.5. The molecule has 0 radical (unpaired) electrons. The van der Waals surface area contributed by atoms with Crippen LogP contribution in [0, 0.1) is 0 Å². The standard InChI is InChI=1S/C23H29N3O2/c1-28-21-10-7-19(8-11-21)14-16-25-23(27)22-12-9-20(17-26-22)24-15-13-18-5-3-2-4-6-18/h5,7-12,17,24H,2-4,6,13-16H2,1H3,(H,25,27). The van der Waals surface area contributed by atoms with Crippen LogP contribution < -0.4 is 15.4 Å². The zero-order valence-electron chi connectivity index (χ0n) is 16.5. The lowest BCUT2D eigenvalue weighted by Crippen LogP contribution is -2.26. The van der Waals surface area contributed by atoms with E-state index in [0.717, 1.165) is 36.4 Å². The van der Waals surface area contributed by atoms with Crippen LogP contribution in [0.5, 0.6) is 5.75 Å². The predicted molar refractivity (Wildman–Crippen MR) is 113 cm³/mol.